The zero-order valence-electron chi connectivity index (χ0n) is 8.78. The Morgan fingerprint density at radius 3 is 2.21 bits per heavy atom. The van der Waals surface area contributed by atoms with Crippen molar-refractivity contribution >= 4 is 15.9 Å². The molecule has 1 amide bonds. The Kier molecular flexibility index (Phi) is 5.07. The van der Waals surface area contributed by atoms with Crippen molar-refractivity contribution in [3.05, 3.63) is 0 Å². The molecule has 0 fully saturated rings. The molecule has 3 N–H and O–H groups in total. The van der Waals surface area contributed by atoms with E-state index >= 15 is 0 Å². The Hall–Kier alpha value is -0.620. The fourth-order valence-corrected chi connectivity index (χ4v) is 1.17. The van der Waals surface area contributed by atoms with Crippen LogP contribution in [0.1, 0.15) is 20.8 Å². The van der Waals surface area contributed by atoms with Crippen LogP contribution in [0.5, 0.6) is 0 Å². The molecule has 14 heavy (non-hydrogen) atoms. The number of hydrogen-bond acceptors (Lipinski definition) is 3. The Morgan fingerprint density at radius 2 is 1.86 bits per heavy atom. The van der Waals surface area contributed by atoms with E-state index in [9.17, 15) is 13.2 Å². The number of rotatable bonds is 5. The summed E-state index contributed by atoms with van der Waals surface area (Å²) in [6.45, 7) is 5.75. The molecule has 0 radical (unpaired) electrons. The second-order valence-electron chi connectivity index (χ2n) is 3.69. The number of primary sulfonamides is 1. The molecule has 1 atom stereocenters. The summed E-state index contributed by atoms with van der Waals surface area (Å²) < 4.78 is 21.1. The van der Waals surface area contributed by atoms with E-state index in [0.29, 0.717) is 0 Å². The minimum absolute atomic E-state index is 0.0781. The third kappa shape index (κ3) is 5.93. The molecule has 0 aliphatic rings. The van der Waals surface area contributed by atoms with Crippen molar-refractivity contribution < 1.29 is 13.2 Å². The molecule has 1 unspecified atom stereocenters. The van der Waals surface area contributed by atoms with E-state index in [4.69, 9.17) is 5.14 Å². The second-order valence-corrected chi connectivity index (χ2v) is 5.42. The minimum atomic E-state index is -3.48. The van der Waals surface area contributed by atoms with Crippen molar-refractivity contribution in [2.24, 2.45) is 17.0 Å². The van der Waals surface area contributed by atoms with Gasteiger partial charge in [-0.15, -0.1) is 0 Å². The lowest BCUT2D eigenvalue weighted by molar-refractivity contribution is -0.125. The summed E-state index contributed by atoms with van der Waals surface area (Å²) in [5, 5.41) is 7.30. The van der Waals surface area contributed by atoms with Crippen LogP contribution in [0.2, 0.25) is 0 Å². The standard InChI is InChI=1S/C8H18N2O3S/c1-6(2)7(3)8(11)10-4-5-14(9,12)13/h6-7H,4-5H2,1-3H3,(H,10,11)(H2,9,12,13). The van der Waals surface area contributed by atoms with Gasteiger partial charge in [-0.25, -0.2) is 13.6 Å². The summed E-state index contributed by atoms with van der Waals surface area (Å²) in [6, 6.07) is 0. The molecule has 6 heteroatoms. The number of amides is 1. The predicted octanol–water partition coefficient (Wildman–Crippen LogP) is -0.317. The summed E-state index contributed by atoms with van der Waals surface area (Å²) in [7, 11) is -3.48. The van der Waals surface area contributed by atoms with Crippen LogP contribution >= 0.6 is 0 Å². The van der Waals surface area contributed by atoms with E-state index in [1.54, 1.807) is 6.92 Å². The Balaban J connectivity index is 3.87. The maximum atomic E-state index is 11.3. The summed E-state index contributed by atoms with van der Waals surface area (Å²) in [5.41, 5.74) is 0. The number of hydrogen-bond donors (Lipinski definition) is 2. The van der Waals surface area contributed by atoms with Crippen LogP contribution in [-0.2, 0) is 14.8 Å². The van der Waals surface area contributed by atoms with Crippen molar-refractivity contribution in [2.75, 3.05) is 12.3 Å². The molecule has 0 aromatic rings. The largest absolute Gasteiger partial charge is 0.355 e. The third-order valence-electron chi connectivity index (χ3n) is 2.10. The number of nitrogens with two attached hydrogens (primary N) is 1. The molecule has 0 aliphatic heterocycles. The lowest BCUT2D eigenvalue weighted by Gasteiger charge is -2.14. The van der Waals surface area contributed by atoms with Crippen LogP contribution in [-0.4, -0.2) is 26.6 Å². The molecular weight excluding hydrogens is 204 g/mol. The third-order valence-corrected chi connectivity index (χ3v) is 2.87. The fourth-order valence-electron chi connectivity index (χ4n) is 0.780. The summed E-state index contributed by atoms with van der Waals surface area (Å²) in [5.74, 6) is -0.229. The van der Waals surface area contributed by atoms with Gasteiger partial charge >= 0.3 is 0 Å². The molecule has 0 rings (SSSR count). The highest BCUT2D eigenvalue weighted by molar-refractivity contribution is 7.89. The number of nitrogens with one attached hydrogen (secondary N) is 1. The monoisotopic (exact) mass is 222 g/mol. The summed E-state index contributed by atoms with van der Waals surface area (Å²) in [6.07, 6.45) is 0. The Morgan fingerprint density at radius 1 is 1.36 bits per heavy atom. The van der Waals surface area contributed by atoms with Gasteiger partial charge in [0.15, 0.2) is 0 Å². The van der Waals surface area contributed by atoms with Gasteiger partial charge in [-0.1, -0.05) is 20.8 Å². The lowest BCUT2D eigenvalue weighted by atomic mass is 9.97. The van der Waals surface area contributed by atoms with Gasteiger partial charge in [0.05, 0.1) is 5.75 Å². The second kappa shape index (κ2) is 5.31. The SMILES string of the molecule is CC(C)C(C)C(=O)NCCS(N)(=O)=O. The van der Waals surface area contributed by atoms with Crippen LogP contribution in [0.4, 0.5) is 0 Å². The van der Waals surface area contributed by atoms with E-state index < -0.39 is 10.0 Å². The molecule has 0 heterocycles. The maximum Gasteiger partial charge on any atom is 0.223 e. The molecule has 0 saturated heterocycles. The molecule has 0 aromatic heterocycles. The van der Waals surface area contributed by atoms with Gasteiger partial charge in [0.2, 0.25) is 15.9 Å². The molecule has 0 spiro atoms. The van der Waals surface area contributed by atoms with Gasteiger partial charge in [-0.2, -0.15) is 0 Å². The fraction of sp³-hybridized carbons (Fsp3) is 0.875. The van der Waals surface area contributed by atoms with Crippen molar-refractivity contribution in [3.63, 3.8) is 0 Å². The van der Waals surface area contributed by atoms with Crippen molar-refractivity contribution in [2.45, 2.75) is 20.8 Å². The van der Waals surface area contributed by atoms with Gasteiger partial charge < -0.3 is 5.32 Å². The molecule has 84 valence electrons. The van der Waals surface area contributed by atoms with E-state index in [-0.39, 0.29) is 30.0 Å². The van der Waals surface area contributed by atoms with E-state index in [1.807, 2.05) is 13.8 Å². The van der Waals surface area contributed by atoms with Gasteiger partial charge in [0.1, 0.15) is 0 Å². The van der Waals surface area contributed by atoms with Crippen LogP contribution < -0.4 is 10.5 Å². The molecule has 0 aliphatic carbocycles. The molecular formula is C8H18N2O3S. The highest BCUT2D eigenvalue weighted by Crippen LogP contribution is 2.08. The first-order chi connectivity index (χ1) is 6.24. The minimum Gasteiger partial charge on any atom is -0.355 e. The summed E-state index contributed by atoms with van der Waals surface area (Å²) >= 11 is 0. The van der Waals surface area contributed by atoms with Gasteiger partial charge in [0, 0.05) is 12.5 Å². The lowest BCUT2D eigenvalue weighted by Crippen LogP contribution is -2.36. The van der Waals surface area contributed by atoms with E-state index in [1.165, 1.54) is 0 Å². The molecule has 0 bridgehead atoms. The van der Waals surface area contributed by atoms with Gasteiger partial charge in [-0.05, 0) is 5.92 Å². The number of sulfonamides is 1. The first kappa shape index (κ1) is 13.4. The average Bonchev–Trinajstić information content (AvgIpc) is 2.00. The quantitative estimate of drug-likeness (QED) is 0.668. The number of carbonyl (C=O) groups is 1. The summed E-state index contributed by atoms with van der Waals surface area (Å²) in [4.78, 5) is 11.3. The van der Waals surface area contributed by atoms with Crippen molar-refractivity contribution in [1.29, 1.82) is 0 Å². The first-order valence-corrected chi connectivity index (χ1v) is 6.23. The van der Waals surface area contributed by atoms with Crippen molar-refractivity contribution in [1.82, 2.24) is 5.32 Å². The first-order valence-electron chi connectivity index (χ1n) is 4.52. The molecule has 5 nitrogen and oxygen atoms in total. The van der Waals surface area contributed by atoms with Crippen LogP contribution in [0.25, 0.3) is 0 Å². The highest BCUT2D eigenvalue weighted by atomic mass is 32.2. The Labute approximate surface area is 85.1 Å². The topological polar surface area (TPSA) is 89.3 Å². The van der Waals surface area contributed by atoms with Crippen LogP contribution in [0.3, 0.4) is 0 Å². The van der Waals surface area contributed by atoms with Gasteiger partial charge in [0.25, 0.3) is 0 Å². The van der Waals surface area contributed by atoms with Crippen LogP contribution in [0.15, 0.2) is 0 Å². The zero-order chi connectivity index (χ0) is 11.4. The maximum absolute atomic E-state index is 11.3. The average molecular weight is 222 g/mol. The predicted molar refractivity (Wildman–Crippen MR) is 55.0 cm³/mol. The normalized spacial score (nSPS) is 14.1. The molecule has 0 aromatic carbocycles. The highest BCUT2D eigenvalue weighted by Gasteiger charge is 2.16. The van der Waals surface area contributed by atoms with Gasteiger partial charge in [-0.3, -0.25) is 4.79 Å². The van der Waals surface area contributed by atoms with E-state index in [2.05, 4.69) is 5.32 Å². The Bertz CT molecular complexity index is 285. The van der Waals surface area contributed by atoms with E-state index in [0.717, 1.165) is 0 Å². The zero-order valence-corrected chi connectivity index (χ0v) is 9.60. The van der Waals surface area contributed by atoms with Crippen molar-refractivity contribution in [3.8, 4) is 0 Å². The number of carbonyl (C=O) groups excluding carboxylic acids is 1. The smallest absolute Gasteiger partial charge is 0.223 e. The van der Waals surface area contributed by atoms with Crippen LogP contribution in [0, 0.1) is 11.8 Å². The molecule has 0 saturated carbocycles.